The molecule has 194 valence electrons. The Labute approximate surface area is 229 Å². The summed E-state index contributed by atoms with van der Waals surface area (Å²) in [5.41, 5.74) is 7.40. The second-order valence-electron chi connectivity index (χ2n) is 11.3. The molecule has 2 aromatic heterocycles. The van der Waals surface area contributed by atoms with E-state index in [4.69, 9.17) is 4.42 Å². The second kappa shape index (κ2) is 9.46. The molecule has 0 saturated heterocycles. The van der Waals surface area contributed by atoms with Crippen molar-refractivity contribution in [3.8, 4) is 33.5 Å². The van der Waals surface area contributed by atoms with Crippen LogP contribution in [0.2, 0.25) is 17.3 Å². The summed E-state index contributed by atoms with van der Waals surface area (Å²) in [7, 11) is 1.86. The third-order valence-electron chi connectivity index (χ3n) is 7.54. The Bertz CT molecular complexity index is 1870. The molecule has 0 aliphatic carbocycles. The summed E-state index contributed by atoms with van der Waals surface area (Å²) in [6, 6.07) is 27.4. The van der Waals surface area contributed by atoms with Gasteiger partial charge in [0.1, 0.15) is 0 Å². The van der Waals surface area contributed by atoms with Gasteiger partial charge in [-0.05, 0) is 5.56 Å². The fourth-order valence-electron chi connectivity index (χ4n) is 5.47. The number of hydrogen-bond acceptors (Lipinski definition) is 1. The summed E-state index contributed by atoms with van der Waals surface area (Å²) >= 11 is -2.49. The van der Waals surface area contributed by atoms with Gasteiger partial charge >= 0.3 is 195 Å². The molecule has 0 unspecified atom stereocenters. The molecule has 0 aliphatic heterocycles. The van der Waals surface area contributed by atoms with Crippen molar-refractivity contribution in [2.24, 2.45) is 7.05 Å². The molecule has 0 radical (unpaired) electrons. The van der Waals surface area contributed by atoms with E-state index in [9.17, 15) is 0 Å². The second-order valence-corrected chi connectivity index (χ2v) is 21.8. The molecule has 0 aliphatic rings. The van der Waals surface area contributed by atoms with E-state index in [1.807, 2.05) is 73.1 Å². The summed E-state index contributed by atoms with van der Waals surface area (Å²) in [6.07, 6.45) is 1.57. The number of nitrogens with zero attached hydrogens (tertiary/aromatic N) is 1. The zero-order valence-electron chi connectivity index (χ0n) is 22.8. The van der Waals surface area contributed by atoms with Gasteiger partial charge in [0.25, 0.3) is 0 Å². The van der Waals surface area contributed by atoms with Crippen molar-refractivity contribution in [3.05, 3.63) is 108 Å². The van der Waals surface area contributed by atoms with E-state index >= 15 is 8.78 Å². The fourth-order valence-corrected chi connectivity index (χ4v) is 8.30. The van der Waals surface area contributed by atoms with Crippen molar-refractivity contribution in [3.63, 3.8) is 0 Å². The van der Waals surface area contributed by atoms with Crippen LogP contribution in [-0.2, 0) is 7.05 Å². The Balaban J connectivity index is 1.58. The Kier molecular flexibility index (Phi) is 6.18. The van der Waals surface area contributed by atoms with E-state index < -0.39 is 13.3 Å². The third kappa shape index (κ3) is 4.37. The molecule has 0 amide bonds. The van der Waals surface area contributed by atoms with Gasteiger partial charge in [0, 0.05) is 0 Å². The number of pyridine rings is 1. The minimum atomic E-state index is -2.49. The third-order valence-corrected chi connectivity index (χ3v) is 11.7. The molecule has 2 nitrogen and oxygen atoms in total. The van der Waals surface area contributed by atoms with Crippen LogP contribution in [0.5, 0.6) is 0 Å². The van der Waals surface area contributed by atoms with Crippen LogP contribution in [0.3, 0.4) is 0 Å². The van der Waals surface area contributed by atoms with Crippen LogP contribution < -0.4 is 8.96 Å². The van der Waals surface area contributed by atoms with E-state index in [0.29, 0.717) is 16.7 Å². The number of halogens is 2. The van der Waals surface area contributed by atoms with Crippen molar-refractivity contribution in [2.75, 3.05) is 0 Å². The van der Waals surface area contributed by atoms with Gasteiger partial charge in [-0.2, -0.15) is 0 Å². The van der Waals surface area contributed by atoms with Crippen LogP contribution in [-0.4, -0.2) is 13.3 Å². The molecule has 6 rings (SSSR count). The molecular formula is C34H30F2GeNO+. The van der Waals surface area contributed by atoms with Crippen molar-refractivity contribution < 1.29 is 17.8 Å². The van der Waals surface area contributed by atoms with E-state index in [1.165, 1.54) is 6.07 Å². The monoisotopic (exact) mass is 580 g/mol. The number of benzene rings is 4. The molecular weight excluding hydrogens is 549 g/mol. The Morgan fingerprint density at radius 2 is 1.26 bits per heavy atom. The molecule has 0 N–H and O–H groups in total. The number of rotatable bonds is 4. The first-order valence-electron chi connectivity index (χ1n) is 13.1. The van der Waals surface area contributed by atoms with Crippen molar-refractivity contribution >= 4 is 39.6 Å². The van der Waals surface area contributed by atoms with Gasteiger partial charge in [0.15, 0.2) is 0 Å². The number of hydrogen-bond donors (Lipinski definition) is 0. The van der Waals surface area contributed by atoms with Gasteiger partial charge < -0.3 is 0 Å². The summed E-state index contributed by atoms with van der Waals surface area (Å²) in [5.74, 6) is 6.08. The normalized spacial score (nSPS) is 12.0. The van der Waals surface area contributed by atoms with Crippen molar-refractivity contribution in [2.45, 2.75) is 24.2 Å². The zero-order valence-corrected chi connectivity index (χ0v) is 24.9. The maximum absolute atomic E-state index is 15.5. The number of aryl methyl sites for hydroxylation is 2. The van der Waals surface area contributed by atoms with Gasteiger partial charge in [-0.25, -0.2) is 0 Å². The van der Waals surface area contributed by atoms with Gasteiger partial charge in [0.2, 0.25) is 0 Å². The predicted molar refractivity (Wildman–Crippen MR) is 159 cm³/mol. The molecule has 6 aromatic rings. The van der Waals surface area contributed by atoms with E-state index in [2.05, 4.69) is 35.5 Å². The molecule has 4 aromatic carbocycles. The van der Waals surface area contributed by atoms with Gasteiger partial charge in [0.05, 0.1) is 0 Å². The van der Waals surface area contributed by atoms with Crippen molar-refractivity contribution in [1.82, 2.24) is 0 Å². The van der Waals surface area contributed by atoms with Crippen LogP contribution in [0.15, 0.2) is 95.5 Å². The van der Waals surface area contributed by atoms with E-state index in [1.54, 1.807) is 12.3 Å². The number of fused-ring (bicyclic) bond motifs is 3. The molecule has 0 bridgehead atoms. The Hall–Kier alpha value is -3.77. The van der Waals surface area contributed by atoms with Gasteiger partial charge in [-0.3, -0.25) is 0 Å². The average Bonchev–Trinajstić information content (AvgIpc) is 3.27. The Morgan fingerprint density at radius 1 is 0.667 bits per heavy atom. The number of furan rings is 1. The van der Waals surface area contributed by atoms with Crippen molar-refractivity contribution in [1.29, 1.82) is 0 Å². The molecule has 0 spiro atoms. The first kappa shape index (κ1) is 25.5. The van der Waals surface area contributed by atoms with E-state index in [0.717, 1.165) is 48.7 Å². The van der Waals surface area contributed by atoms with Crippen LogP contribution in [0.4, 0.5) is 8.78 Å². The molecule has 5 heteroatoms. The summed E-state index contributed by atoms with van der Waals surface area (Å²) in [6.45, 7) is 2.04. The summed E-state index contributed by atoms with van der Waals surface area (Å²) < 4.78 is 39.7. The van der Waals surface area contributed by atoms with E-state index in [-0.39, 0.29) is 11.6 Å². The molecule has 0 fully saturated rings. The first-order valence-corrected chi connectivity index (χ1v) is 20.5. The number of aromatic nitrogens is 1. The molecule has 2 heterocycles. The van der Waals surface area contributed by atoms with Crippen LogP contribution in [0.25, 0.3) is 55.4 Å². The van der Waals surface area contributed by atoms with Crippen LogP contribution in [0, 0.1) is 18.6 Å². The molecule has 0 saturated carbocycles. The quantitative estimate of drug-likeness (QED) is 0.151. The van der Waals surface area contributed by atoms with Crippen LogP contribution >= 0.6 is 0 Å². The van der Waals surface area contributed by atoms with Gasteiger partial charge in [-0.15, -0.1) is 0 Å². The zero-order chi connectivity index (χ0) is 27.5. The minimum absolute atomic E-state index is 0.161. The molecule has 0 atom stereocenters. The SMILES string of the molecule is Cc1ccc2c(oc3c(-c4ccc(-c5ccccc5)cc4)c(F)ccc32)c1-c1c[c]([Ge]([CH3])([CH3])[CH3])c(F)c[n+]1C. The summed E-state index contributed by atoms with van der Waals surface area (Å²) in [5, 5.41) is 1.77. The predicted octanol–water partition coefficient (Wildman–Crippen LogP) is 8.54. The van der Waals surface area contributed by atoms with Crippen LogP contribution in [0.1, 0.15) is 5.56 Å². The standard InChI is InChI=1S/C34H30F2GeNO/c1-21-11-16-25-26-17-18-27(35)32(24-14-12-23(13-15-24)22-9-7-6-8-10-22)34(26)39-33(25)31(21)30-19-29(37(2,3)4)28(36)20-38(30)5/h6-20H,1-5H3/q+1. The average molecular weight is 579 g/mol. The fraction of sp³-hybridized carbons (Fsp3) is 0.147. The molecule has 39 heavy (non-hydrogen) atoms. The Morgan fingerprint density at radius 3 is 1.92 bits per heavy atom. The first-order chi connectivity index (χ1) is 18.6. The van der Waals surface area contributed by atoms with Gasteiger partial charge in [-0.1, -0.05) is 30.3 Å². The summed E-state index contributed by atoms with van der Waals surface area (Å²) in [4.78, 5) is 0. The topological polar surface area (TPSA) is 17.0 Å². The maximum atomic E-state index is 15.5.